The molecule has 3 rings (SSSR count). The average molecular weight is 266 g/mol. The van der Waals surface area contributed by atoms with E-state index in [1.165, 1.54) is 0 Å². The van der Waals surface area contributed by atoms with Gasteiger partial charge in [-0.15, -0.1) is 0 Å². The molecule has 1 amide bonds. The molecule has 0 aliphatic rings. The van der Waals surface area contributed by atoms with Crippen LogP contribution in [0.4, 0.5) is 5.69 Å². The lowest BCUT2D eigenvalue weighted by Crippen LogP contribution is -2.22. The summed E-state index contributed by atoms with van der Waals surface area (Å²) in [5.41, 5.74) is 1.61. The first-order valence-corrected chi connectivity index (χ1v) is 6.37. The van der Waals surface area contributed by atoms with Gasteiger partial charge in [0.15, 0.2) is 0 Å². The first kappa shape index (κ1) is 12.3. The highest BCUT2D eigenvalue weighted by Gasteiger charge is 2.14. The van der Waals surface area contributed by atoms with Crippen molar-refractivity contribution in [1.29, 1.82) is 0 Å². The molecule has 0 spiro atoms. The third-order valence-corrected chi connectivity index (χ3v) is 3.21. The second kappa shape index (κ2) is 5.13. The molecule has 1 atom stereocenters. The van der Waals surface area contributed by atoms with Gasteiger partial charge in [-0.05, 0) is 19.1 Å². The number of fused-ring (bicyclic) bond motifs is 1. The quantitative estimate of drug-likeness (QED) is 0.792. The van der Waals surface area contributed by atoms with Crippen LogP contribution in [0, 0.1) is 0 Å². The Balaban J connectivity index is 1.80. The molecule has 0 fully saturated rings. The van der Waals surface area contributed by atoms with Crippen LogP contribution in [-0.2, 0) is 4.79 Å². The van der Waals surface area contributed by atoms with E-state index in [1.54, 1.807) is 29.5 Å². The smallest absolute Gasteiger partial charge is 0.247 e. The number of aromatic nitrogens is 3. The van der Waals surface area contributed by atoms with Crippen LogP contribution in [0.1, 0.15) is 13.0 Å². The lowest BCUT2D eigenvalue weighted by molar-refractivity contribution is -0.118. The highest BCUT2D eigenvalue weighted by molar-refractivity contribution is 5.95. The zero-order valence-electron chi connectivity index (χ0n) is 11.0. The number of benzene rings is 1. The van der Waals surface area contributed by atoms with Crippen molar-refractivity contribution in [2.24, 2.45) is 0 Å². The summed E-state index contributed by atoms with van der Waals surface area (Å²) in [5.74, 6) is -0.0971. The van der Waals surface area contributed by atoms with E-state index in [4.69, 9.17) is 0 Å². The largest absolute Gasteiger partial charge is 0.325 e. The minimum absolute atomic E-state index is 0.0971. The monoisotopic (exact) mass is 266 g/mol. The predicted molar refractivity (Wildman–Crippen MR) is 77.3 cm³/mol. The van der Waals surface area contributed by atoms with Crippen LogP contribution < -0.4 is 5.32 Å². The fraction of sp³-hybridized carbons (Fsp3) is 0.133. The number of imidazole rings is 1. The highest BCUT2D eigenvalue weighted by atomic mass is 16.2. The fourth-order valence-electron chi connectivity index (χ4n) is 2.02. The zero-order chi connectivity index (χ0) is 13.9. The van der Waals surface area contributed by atoms with Crippen LogP contribution >= 0.6 is 0 Å². The fourth-order valence-corrected chi connectivity index (χ4v) is 2.02. The molecule has 100 valence electrons. The SMILES string of the molecule is C[C@H](C(=O)Nc1cnc2ccccc2c1)n1ccnc1. The Morgan fingerprint density at radius 1 is 1.35 bits per heavy atom. The molecule has 20 heavy (non-hydrogen) atoms. The van der Waals surface area contributed by atoms with Crippen LogP contribution in [0.25, 0.3) is 10.9 Å². The van der Waals surface area contributed by atoms with Crippen molar-refractivity contribution in [3.8, 4) is 0 Å². The van der Waals surface area contributed by atoms with Crippen molar-refractivity contribution >= 4 is 22.5 Å². The second-order valence-corrected chi connectivity index (χ2v) is 4.59. The molecule has 0 unspecified atom stereocenters. The zero-order valence-corrected chi connectivity index (χ0v) is 11.0. The number of carbonyl (C=O) groups excluding carboxylic acids is 1. The number of rotatable bonds is 3. The van der Waals surface area contributed by atoms with Crippen LogP contribution in [-0.4, -0.2) is 20.4 Å². The molecular weight excluding hydrogens is 252 g/mol. The lowest BCUT2D eigenvalue weighted by Gasteiger charge is -2.13. The van der Waals surface area contributed by atoms with Crippen molar-refractivity contribution < 1.29 is 4.79 Å². The average Bonchev–Trinajstić information content (AvgIpc) is 3.00. The van der Waals surface area contributed by atoms with Gasteiger partial charge in [0.1, 0.15) is 6.04 Å². The Morgan fingerprint density at radius 2 is 2.20 bits per heavy atom. The Labute approximate surface area is 116 Å². The third-order valence-electron chi connectivity index (χ3n) is 3.21. The number of nitrogens with one attached hydrogen (secondary N) is 1. The predicted octanol–water partition coefficient (Wildman–Crippen LogP) is 2.63. The van der Waals surface area contributed by atoms with Crippen LogP contribution in [0.5, 0.6) is 0 Å². The van der Waals surface area contributed by atoms with E-state index in [0.717, 1.165) is 10.9 Å². The Hall–Kier alpha value is -2.69. The summed E-state index contributed by atoms with van der Waals surface area (Å²) in [7, 11) is 0. The number of nitrogens with zero attached hydrogens (tertiary/aromatic N) is 3. The normalized spacial score (nSPS) is 12.2. The van der Waals surface area contributed by atoms with E-state index in [9.17, 15) is 4.79 Å². The van der Waals surface area contributed by atoms with Gasteiger partial charge in [0.25, 0.3) is 0 Å². The van der Waals surface area contributed by atoms with E-state index < -0.39 is 0 Å². The van der Waals surface area contributed by atoms with Crippen LogP contribution in [0.15, 0.2) is 55.2 Å². The van der Waals surface area contributed by atoms with Gasteiger partial charge < -0.3 is 9.88 Å². The van der Waals surface area contributed by atoms with Crippen molar-refractivity contribution in [3.63, 3.8) is 0 Å². The van der Waals surface area contributed by atoms with E-state index in [1.807, 2.05) is 37.3 Å². The molecule has 0 saturated heterocycles. The number of hydrogen-bond donors (Lipinski definition) is 1. The number of para-hydroxylation sites is 1. The molecule has 5 heteroatoms. The number of hydrogen-bond acceptors (Lipinski definition) is 3. The maximum absolute atomic E-state index is 12.2. The Bertz CT molecular complexity index is 736. The maximum atomic E-state index is 12.2. The van der Waals surface area contributed by atoms with E-state index >= 15 is 0 Å². The number of carbonyl (C=O) groups is 1. The van der Waals surface area contributed by atoms with Gasteiger partial charge in [0.05, 0.1) is 23.7 Å². The van der Waals surface area contributed by atoms with Crippen molar-refractivity contribution in [1.82, 2.24) is 14.5 Å². The minimum Gasteiger partial charge on any atom is -0.325 e. The van der Waals surface area contributed by atoms with Crippen molar-refractivity contribution in [3.05, 3.63) is 55.2 Å². The minimum atomic E-state index is -0.316. The molecule has 0 saturated carbocycles. The van der Waals surface area contributed by atoms with E-state index in [0.29, 0.717) is 5.69 Å². The Morgan fingerprint density at radius 3 is 3.00 bits per heavy atom. The highest BCUT2D eigenvalue weighted by Crippen LogP contribution is 2.17. The molecule has 0 bridgehead atoms. The topological polar surface area (TPSA) is 59.8 Å². The van der Waals surface area contributed by atoms with Gasteiger partial charge in [-0.25, -0.2) is 4.98 Å². The molecule has 2 aromatic heterocycles. The van der Waals surface area contributed by atoms with Gasteiger partial charge in [-0.3, -0.25) is 9.78 Å². The Kier molecular flexibility index (Phi) is 3.16. The summed E-state index contributed by atoms with van der Waals surface area (Å²) in [6.45, 7) is 1.82. The van der Waals surface area contributed by atoms with E-state index in [2.05, 4.69) is 15.3 Å². The van der Waals surface area contributed by atoms with Gasteiger partial charge in [0, 0.05) is 17.8 Å². The summed E-state index contributed by atoms with van der Waals surface area (Å²) in [6, 6.07) is 9.40. The van der Waals surface area contributed by atoms with Crippen molar-refractivity contribution in [2.45, 2.75) is 13.0 Å². The molecule has 1 aromatic carbocycles. The number of amides is 1. The molecule has 5 nitrogen and oxygen atoms in total. The standard InChI is InChI=1S/C15H14N4O/c1-11(19-7-6-16-10-19)15(20)18-13-8-12-4-2-3-5-14(12)17-9-13/h2-11H,1H3,(H,18,20)/t11-/m1/s1. The first-order valence-electron chi connectivity index (χ1n) is 6.37. The summed E-state index contributed by atoms with van der Waals surface area (Å²) in [4.78, 5) is 20.4. The summed E-state index contributed by atoms with van der Waals surface area (Å²) in [6.07, 6.45) is 6.72. The first-order chi connectivity index (χ1) is 9.74. The summed E-state index contributed by atoms with van der Waals surface area (Å²) >= 11 is 0. The van der Waals surface area contributed by atoms with Gasteiger partial charge in [-0.2, -0.15) is 0 Å². The van der Waals surface area contributed by atoms with Gasteiger partial charge in [0.2, 0.25) is 5.91 Å². The molecule has 3 aromatic rings. The summed E-state index contributed by atoms with van der Waals surface area (Å²) in [5, 5.41) is 3.87. The molecule has 0 radical (unpaired) electrons. The maximum Gasteiger partial charge on any atom is 0.247 e. The van der Waals surface area contributed by atoms with Crippen LogP contribution in [0.2, 0.25) is 0 Å². The van der Waals surface area contributed by atoms with Gasteiger partial charge in [-0.1, -0.05) is 18.2 Å². The molecule has 0 aliphatic heterocycles. The van der Waals surface area contributed by atoms with Crippen LogP contribution in [0.3, 0.4) is 0 Å². The van der Waals surface area contributed by atoms with Gasteiger partial charge >= 0.3 is 0 Å². The lowest BCUT2D eigenvalue weighted by atomic mass is 10.2. The third kappa shape index (κ3) is 2.38. The summed E-state index contributed by atoms with van der Waals surface area (Å²) < 4.78 is 1.75. The van der Waals surface area contributed by atoms with E-state index in [-0.39, 0.29) is 11.9 Å². The molecule has 1 N–H and O–H groups in total. The molecular formula is C15H14N4O. The van der Waals surface area contributed by atoms with Crippen molar-refractivity contribution in [2.75, 3.05) is 5.32 Å². The number of anilines is 1. The second-order valence-electron chi connectivity index (χ2n) is 4.59. The number of pyridine rings is 1. The molecule has 2 heterocycles. The molecule has 0 aliphatic carbocycles.